The lowest BCUT2D eigenvalue weighted by molar-refractivity contribution is -0.154. The monoisotopic (exact) mass is 318 g/mol. The van der Waals surface area contributed by atoms with Crippen molar-refractivity contribution in [2.75, 3.05) is 6.61 Å². The number of pyridine rings is 1. The Hall–Kier alpha value is -2.42. The summed E-state index contributed by atoms with van der Waals surface area (Å²) in [5.74, 6) is -1.33. The van der Waals surface area contributed by atoms with Crippen LogP contribution in [0.25, 0.3) is 0 Å². The van der Waals surface area contributed by atoms with Crippen molar-refractivity contribution in [3.63, 3.8) is 0 Å². The van der Waals surface area contributed by atoms with Crippen LogP contribution in [0.1, 0.15) is 62.5 Å². The fourth-order valence-corrected chi connectivity index (χ4v) is 1.88. The molecule has 0 N–H and O–H groups in total. The maximum atomic E-state index is 11.7. The minimum absolute atomic E-state index is 0.136. The van der Waals surface area contributed by atoms with Gasteiger partial charge in [0.15, 0.2) is 0 Å². The van der Waals surface area contributed by atoms with Gasteiger partial charge < -0.3 is 9.47 Å². The van der Waals surface area contributed by atoms with Gasteiger partial charge in [0.25, 0.3) is 0 Å². The van der Waals surface area contributed by atoms with Gasteiger partial charge in [0.2, 0.25) is 0 Å². The Morgan fingerprint density at radius 1 is 1.35 bits per heavy atom. The zero-order chi connectivity index (χ0) is 17.5. The highest BCUT2D eigenvalue weighted by Gasteiger charge is 2.19. The highest BCUT2D eigenvalue weighted by atomic mass is 16.6. The molecule has 1 atom stereocenters. The van der Waals surface area contributed by atoms with Crippen molar-refractivity contribution in [2.24, 2.45) is 0 Å². The average Bonchev–Trinajstić information content (AvgIpc) is 2.47. The zero-order valence-corrected chi connectivity index (χ0v) is 14.0. The number of nitriles is 1. The fraction of sp³-hybridized carbons (Fsp3) is 0.529. The molecule has 0 amide bonds. The number of ether oxygens (including phenoxy) is 2. The van der Waals surface area contributed by atoms with Crippen LogP contribution in [-0.4, -0.2) is 29.1 Å². The van der Waals surface area contributed by atoms with Crippen molar-refractivity contribution in [1.82, 2.24) is 4.98 Å². The van der Waals surface area contributed by atoms with Crippen molar-refractivity contribution in [1.29, 1.82) is 5.26 Å². The average molecular weight is 318 g/mol. The van der Waals surface area contributed by atoms with Gasteiger partial charge in [-0.15, -0.1) is 0 Å². The molecular formula is C17H22N2O4. The first-order valence-corrected chi connectivity index (χ1v) is 7.51. The zero-order valence-electron chi connectivity index (χ0n) is 14.0. The predicted molar refractivity (Wildman–Crippen MR) is 83.6 cm³/mol. The molecule has 0 aliphatic heterocycles. The summed E-state index contributed by atoms with van der Waals surface area (Å²) in [6, 6.07) is 5.30. The van der Waals surface area contributed by atoms with Crippen LogP contribution in [-0.2, 0) is 14.3 Å². The van der Waals surface area contributed by atoms with E-state index in [1.54, 1.807) is 39.8 Å². The van der Waals surface area contributed by atoms with E-state index in [9.17, 15) is 14.9 Å². The highest BCUT2D eigenvalue weighted by molar-refractivity contribution is 5.88. The van der Waals surface area contributed by atoms with Crippen LogP contribution in [0, 0.1) is 11.3 Å². The summed E-state index contributed by atoms with van der Waals surface area (Å²) in [7, 11) is 0. The first kappa shape index (κ1) is 18.6. The Bertz CT molecular complexity index is 582. The minimum atomic E-state index is -0.543. The van der Waals surface area contributed by atoms with Crippen LogP contribution in [0.5, 0.6) is 0 Å². The number of hydrogen-bond donors (Lipinski definition) is 0. The molecular weight excluding hydrogens is 296 g/mol. The van der Waals surface area contributed by atoms with Crippen LogP contribution in [0.3, 0.4) is 0 Å². The standard InChI is InChI=1S/C17H22N2O4/c1-5-22-16(21)13-6-8-14(19-11-13)12(10-18)7-9-15(20)23-17(2,3)4/h6,8,11-12H,5,7,9H2,1-4H3. The van der Waals surface area contributed by atoms with Crippen LogP contribution >= 0.6 is 0 Å². The summed E-state index contributed by atoms with van der Waals surface area (Å²) in [5, 5.41) is 9.25. The molecule has 0 radical (unpaired) electrons. The van der Waals surface area contributed by atoms with E-state index >= 15 is 0 Å². The number of aromatic nitrogens is 1. The molecule has 0 bridgehead atoms. The second-order valence-electron chi connectivity index (χ2n) is 6.00. The molecule has 6 heteroatoms. The molecule has 0 aliphatic rings. The quantitative estimate of drug-likeness (QED) is 0.749. The van der Waals surface area contributed by atoms with E-state index in [2.05, 4.69) is 11.1 Å². The van der Waals surface area contributed by atoms with Crippen molar-refractivity contribution >= 4 is 11.9 Å². The van der Waals surface area contributed by atoms with Gasteiger partial charge in [0.1, 0.15) is 5.60 Å². The first-order chi connectivity index (χ1) is 10.8. The molecule has 0 fully saturated rings. The number of esters is 2. The molecule has 0 aromatic carbocycles. The number of nitrogens with zero attached hydrogens (tertiary/aromatic N) is 2. The van der Waals surface area contributed by atoms with Crippen LogP contribution in [0.15, 0.2) is 18.3 Å². The van der Waals surface area contributed by atoms with E-state index in [1.807, 2.05) is 0 Å². The molecule has 1 unspecified atom stereocenters. The summed E-state index contributed by atoms with van der Waals surface area (Å²) >= 11 is 0. The van der Waals surface area contributed by atoms with Gasteiger partial charge in [0, 0.05) is 12.6 Å². The third-order valence-electron chi connectivity index (χ3n) is 2.87. The smallest absolute Gasteiger partial charge is 0.339 e. The van der Waals surface area contributed by atoms with Gasteiger partial charge in [-0.05, 0) is 46.2 Å². The molecule has 0 saturated carbocycles. The molecule has 1 rings (SSSR count). The van der Waals surface area contributed by atoms with E-state index in [4.69, 9.17) is 9.47 Å². The second kappa shape index (κ2) is 8.28. The summed E-state index contributed by atoms with van der Waals surface area (Å²) in [6.07, 6.45) is 1.83. The normalized spacial score (nSPS) is 12.1. The lowest BCUT2D eigenvalue weighted by atomic mass is 10.00. The van der Waals surface area contributed by atoms with E-state index in [1.165, 1.54) is 6.20 Å². The van der Waals surface area contributed by atoms with Gasteiger partial charge in [-0.1, -0.05) is 0 Å². The molecule has 6 nitrogen and oxygen atoms in total. The predicted octanol–water partition coefficient (Wildman–Crippen LogP) is 2.99. The maximum Gasteiger partial charge on any atom is 0.339 e. The number of rotatable bonds is 6. The fourth-order valence-electron chi connectivity index (χ4n) is 1.88. The summed E-state index contributed by atoms with van der Waals surface area (Å²) in [4.78, 5) is 27.4. The Kier molecular flexibility index (Phi) is 6.70. The third-order valence-corrected chi connectivity index (χ3v) is 2.87. The van der Waals surface area contributed by atoms with Crippen molar-refractivity contribution in [3.8, 4) is 6.07 Å². The van der Waals surface area contributed by atoms with E-state index in [0.29, 0.717) is 17.7 Å². The van der Waals surface area contributed by atoms with Crippen LogP contribution in [0.4, 0.5) is 0 Å². The third kappa shape index (κ3) is 6.47. The summed E-state index contributed by atoms with van der Waals surface area (Å²) < 4.78 is 10.1. The molecule has 0 spiro atoms. The molecule has 1 aromatic rings. The van der Waals surface area contributed by atoms with Crippen LogP contribution in [0.2, 0.25) is 0 Å². The molecule has 0 saturated heterocycles. The Morgan fingerprint density at radius 3 is 2.52 bits per heavy atom. The van der Waals surface area contributed by atoms with Crippen molar-refractivity contribution < 1.29 is 19.1 Å². The number of carbonyl (C=O) groups excluding carboxylic acids is 2. The van der Waals surface area contributed by atoms with Crippen molar-refractivity contribution in [3.05, 3.63) is 29.6 Å². The molecule has 124 valence electrons. The second-order valence-corrected chi connectivity index (χ2v) is 6.00. The lowest BCUT2D eigenvalue weighted by Gasteiger charge is -2.19. The van der Waals surface area contributed by atoms with Crippen LogP contribution < -0.4 is 0 Å². The van der Waals surface area contributed by atoms with Gasteiger partial charge in [-0.3, -0.25) is 9.78 Å². The topological polar surface area (TPSA) is 89.3 Å². The van der Waals surface area contributed by atoms with Gasteiger partial charge in [-0.25, -0.2) is 4.79 Å². The van der Waals surface area contributed by atoms with Gasteiger partial charge in [0.05, 0.1) is 29.9 Å². The lowest BCUT2D eigenvalue weighted by Crippen LogP contribution is -2.24. The number of hydrogen-bond acceptors (Lipinski definition) is 6. The summed E-state index contributed by atoms with van der Waals surface area (Å²) in [6.45, 7) is 7.40. The van der Waals surface area contributed by atoms with Gasteiger partial charge >= 0.3 is 11.9 Å². The highest BCUT2D eigenvalue weighted by Crippen LogP contribution is 2.20. The van der Waals surface area contributed by atoms with E-state index in [-0.39, 0.29) is 19.0 Å². The van der Waals surface area contributed by atoms with Crippen molar-refractivity contribution in [2.45, 2.75) is 52.1 Å². The SMILES string of the molecule is CCOC(=O)c1ccc(C(C#N)CCC(=O)OC(C)(C)C)nc1. The Balaban J connectivity index is 2.66. The largest absolute Gasteiger partial charge is 0.462 e. The molecule has 1 aromatic heterocycles. The Morgan fingerprint density at radius 2 is 2.04 bits per heavy atom. The van der Waals surface area contributed by atoms with Gasteiger partial charge in [-0.2, -0.15) is 5.26 Å². The molecule has 23 heavy (non-hydrogen) atoms. The number of carbonyl (C=O) groups is 2. The maximum absolute atomic E-state index is 11.7. The molecule has 0 aliphatic carbocycles. The summed E-state index contributed by atoms with van der Waals surface area (Å²) in [5.41, 5.74) is 0.308. The van der Waals surface area contributed by atoms with E-state index < -0.39 is 17.5 Å². The Labute approximate surface area is 136 Å². The van der Waals surface area contributed by atoms with E-state index in [0.717, 1.165) is 0 Å². The first-order valence-electron chi connectivity index (χ1n) is 7.51. The minimum Gasteiger partial charge on any atom is -0.462 e. The molecule has 1 heterocycles.